The molecule has 0 aliphatic heterocycles. The molecule has 0 heterocycles. The summed E-state index contributed by atoms with van der Waals surface area (Å²) in [6.07, 6.45) is 4.64. The van der Waals surface area contributed by atoms with Crippen molar-refractivity contribution in [1.29, 1.82) is 0 Å². The van der Waals surface area contributed by atoms with Gasteiger partial charge in [0.25, 0.3) is 0 Å². The molecule has 0 rings (SSSR count). The lowest BCUT2D eigenvalue weighted by Crippen LogP contribution is -2.01. The van der Waals surface area contributed by atoms with Gasteiger partial charge in [-0.25, -0.2) is 0 Å². The first-order chi connectivity index (χ1) is 4.70. The van der Waals surface area contributed by atoms with E-state index in [1.165, 1.54) is 0 Å². The van der Waals surface area contributed by atoms with E-state index in [4.69, 9.17) is 17.3 Å². The molecule has 58 valence electrons. The van der Waals surface area contributed by atoms with Crippen LogP contribution in [0.2, 0.25) is 0 Å². The van der Waals surface area contributed by atoms with E-state index in [0.29, 0.717) is 6.54 Å². The molecule has 0 bridgehead atoms. The highest BCUT2D eigenvalue weighted by molar-refractivity contribution is 6.20. The van der Waals surface area contributed by atoms with Gasteiger partial charge in [0.15, 0.2) is 0 Å². The quantitative estimate of drug-likeness (QED) is 0.493. The molecule has 0 amide bonds. The molecule has 0 aromatic rings. The highest BCUT2D eigenvalue weighted by Gasteiger charge is 1.92. The monoisotopic (exact) mass is 159 g/mol. The molecule has 2 heteroatoms. The minimum atomic E-state index is 0.182. The Bertz CT molecular complexity index is 127. The minimum Gasteiger partial charge on any atom is -0.327 e. The van der Waals surface area contributed by atoms with E-state index in [9.17, 15) is 0 Å². The average molecular weight is 160 g/mol. The zero-order valence-corrected chi connectivity index (χ0v) is 7.06. The van der Waals surface area contributed by atoms with Crippen molar-refractivity contribution in [3.63, 3.8) is 0 Å². The van der Waals surface area contributed by atoms with Gasteiger partial charge in [0.2, 0.25) is 0 Å². The van der Waals surface area contributed by atoms with E-state index in [1.807, 2.05) is 13.0 Å². The molecule has 0 spiro atoms. The van der Waals surface area contributed by atoms with Crippen LogP contribution < -0.4 is 5.73 Å². The van der Waals surface area contributed by atoms with E-state index in [1.54, 1.807) is 6.08 Å². The third kappa shape index (κ3) is 4.59. The van der Waals surface area contributed by atoms with Crippen LogP contribution in [0.5, 0.6) is 0 Å². The van der Waals surface area contributed by atoms with Crippen LogP contribution >= 0.6 is 11.6 Å². The molecule has 0 aliphatic carbocycles. The maximum absolute atomic E-state index is 5.72. The molecule has 1 nitrogen and oxygen atoms in total. The maximum Gasteiger partial charge on any atom is 0.0342 e. The first kappa shape index (κ1) is 9.73. The summed E-state index contributed by atoms with van der Waals surface area (Å²) < 4.78 is 0. The first-order valence-corrected chi connectivity index (χ1v) is 3.80. The van der Waals surface area contributed by atoms with Gasteiger partial charge in [-0.2, -0.15) is 0 Å². The molecule has 0 aliphatic rings. The Kier molecular flexibility index (Phi) is 5.36. The molecule has 0 saturated carbocycles. The third-order valence-corrected chi connectivity index (χ3v) is 1.38. The van der Waals surface area contributed by atoms with Gasteiger partial charge in [-0.3, -0.25) is 0 Å². The second-order valence-corrected chi connectivity index (χ2v) is 2.95. The predicted molar refractivity (Wildman–Crippen MR) is 47.3 cm³/mol. The first-order valence-electron chi connectivity index (χ1n) is 3.36. The van der Waals surface area contributed by atoms with Crippen molar-refractivity contribution < 1.29 is 0 Å². The number of nitrogens with two attached hydrogens (primary N) is 1. The second kappa shape index (κ2) is 5.51. The Labute approximate surface area is 67.6 Å². The molecular formula is C8H14ClN. The van der Waals surface area contributed by atoms with Gasteiger partial charge >= 0.3 is 0 Å². The second-order valence-electron chi connectivity index (χ2n) is 2.20. The Morgan fingerprint density at radius 2 is 2.40 bits per heavy atom. The molecule has 0 aromatic carbocycles. The summed E-state index contributed by atoms with van der Waals surface area (Å²) in [5.74, 6) is 0. The fourth-order valence-corrected chi connectivity index (χ4v) is 0.653. The summed E-state index contributed by atoms with van der Waals surface area (Å²) in [5.41, 5.74) is 6.45. The lowest BCUT2D eigenvalue weighted by atomic mass is 10.2. The van der Waals surface area contributed by atoms with E-state index >= 15 is 0 Å². The lowest BCUT2D eigenvalue weighted by molar-refractivity contribution is 0.955. The fraction of sp³-hybridized carbons (Fsp3) is 0.500. The van der Waals surface area contributed by atoms with Crippen LogP contribution in [0.15, 0.2) is 24.3 Å². The van der Waals surface area contributed by atoms with Gasteiger partial charge in [-0.15, -0.1) is 11.6 Å². The van der Waals surface area contributed by atoms with Crippen LogP contribution in [0.25, 0.3) is 0 Å². The van der Waals surface area contributed by atoms with Crippen molar-refractivity contribution in [3.8, 4) is 0 Å². The zero-order chi connectivity index (χ0) is 7.98. The minimum absolute atomic E-state index is 0.182. The Morgan fingerprint density at radius 3 is 2.70 bits per heavy atom. The molecule has 0 fully saturated rings. The van der Waals surface area contributed by atoms with E-state index in [0.717, 1.165) is 12.0 Å². The molecular weight excluding hydrogens is 146 g/mol. The van der Waals surface area contributed by atoms with Crippen molar-refractivity contribution in [3.05, 3.63) is 24.3 Å². The lowest BCUT2D eigenvalue weighted by Gasteiger charge is -1.98. The zero-order valence-electron chi connectivity index (χ0n) is 6.31. The summed E-state index contributed by atoms with van der Waals surface area (Å²) in [5, 5.41) is 0.182. The van der Waals surface area contributed by atoms with Crippen LogP contribution in [0, 0.1) is 0 Å². The topological polar surface area (TPSA) is 26.0 Å². The number of halogens is 1. The summed E-state index contributed by atoms with van der Waals surface area (Å²) >= 11 is 5.72. The Morgan fingerprint density at radius 1 is 1.80 bits per heavy atom. The third-order valence-electron chi connectivity index (χ3n) is 1.20. The molecule has 1 unspecified atom stereocenters. The SMILES string of the molecule is C=C/C(=C\CC(C)Cl)CN. The average Bonchev–Trinajstić information content (AvgIpc) is 1.90. The van der Waals surface area contributed by atoms with Crippen molar-refractivity contribution in [2.75, 3.05) is 6.54 Å². The number of allylic oxidation sites excluding steroid dienone is 1. The number of alkyl halides is 1. The van der Waals surface area contributed by atoms with Crippen molar-refractivity contribution in [1.82, 2.24) is 0 Å². The predicted octanol–water partition coefficient (Wildman–Crippen LogP) is 2.07. The fourth-order valence-electron chi connectivity index (χ4n) is 0.564. The normalized spacial score (nSPS) is 14.9. The Balaban J connectivity index is 3.74. The van der Waals surface area contributed by atoms with Gasteiger partial charge in [0.05, 0.1) is 0 Å². The molecule has 1 atom stereocenters. The number of rotatable bonds is 4. The van der Waals surface area contributed by atoms with Crippen LogP contribution in [0.4, 0.5) is 0 Å². The highest BCUT2D eigenvalue weighted by Crippen LogP contribution is 2.03. The van der Waals surface area contributed by atoms with Crippen LogP contribution in [-0.2, 0) is 0 Å². The van der Waals surface area contributed by atoms with Crippen molar-refractivity contribution in [2.45, 2.75) is 18.7 Å². The molecule has 10 heavy (non-hydrogen) atoms. The summed E-state index contributed by atoms with van der Waals surface area (Å²) in [6, 6.07) is 0. The largest absolute Gasteiger partial charge is 0.327 e. The molecule has 0 saturated heterocycles. The highest BCUT2D eigenvalue weighted by atomic mass is 35.5. The summed E-state index contributed by atoms with van der Waals surface area (Å²) in [4.78, 5) is 0. The maximum atomic E-state index is 5.72. The van der Waals surface area contributed by atoms with Gasteiger partial charge in [-0.05, 0) is 18.9 Å². The van der Waals surface area contributed by atoms with Gasteiger partial charge in [0.1, 0.15) is 0 Å². The van der Waals surface area contributed by atoms with Crippen LogP contribution in [0.3, 0.4) is 0 Å². The van der Waals surface area contributed by atoms with Crippen LogP contribution in [0.1, 0.15) is 13.3 Å². The summed E-state index contributed by atoms with van der Waals surface area (Å²) in [7, 11) is 0. The smallest absolute Gasteiger partial charge is 0.0342 e. The number of hydrogen-bond acceptors (Lipinski definition) is 1. The standard InChI is InChI=1S/C8H14ClN/c1-3-8(6-10)5-4-7(2)9/h3,5,7H,1,4,6,10H2,2H3/b8-5+. The number of hydrogen-bond donors (Lipinski definition) is 1. The van der Waals surface area contributed by atoms with Gasteiger partial charge < -0.3 is 5.73 Å². The Hall–Kier alpha value is -0.270. The van der Waals surface area contributed by atoms with Gasteiger partial charge in [-0.1, -0.05) is 18.7 Å². The molecule has 2 N–H and O–H groups in total. The van der Waals surface area contributed by atoms with E-state index in [-0.39, 0.29) is 5.38 Å². The van der Waals surface area contributed by atoms with E-state index < -0.39 is 0 Å². The van der Waals surface area contributed by atoms with Gasteiger partial charge in [0, 0.05) is 11.9 Å². The van der Waals surface area contributed by atoms with Crippen molar-refractivity contribution in [2.24, 2.45) is 5.73 Å². The van der Waals surface area contributed by atoms with Crippen molar-refractivity contribution >= 4 is 11.6 Å². The molecule has 0 radical (unpaired) electrons. The summed E-state index contributed by atoms with van der Waals surface area (Å²) in [6.45, 7) is 6.12. The molecule has 0 aromatic heterocycles. The van der Waals surface area contributed by atoms with E-state index in [2.05, 4.69) is 6.58 Å². The van der Waals surface area contributed by atoms with Crippen LogP contribution in [-0.4, -0.2) is 11.9 Å².